The summed E-state index contributed by atoms with van der Waals surface area (Å²) in [7, 11) is 9.43. The van der Waals surface area contributed by atoms with Crippen LogP contribution in [0.3, 0.4) is 0 Å². The third-order valence-electron chi connectivity index (χ3n) is 7.27. The SMILES string of the molecule is C[N+]1(C)C2CCC1CC(O)C2.C[N+]1(C)CC2CCC(CC2)C1. The summed E-state index contributed by atoms with van der Waals surface area (Å²) in [6, 6.07) is 1.48. The highest BCUT2D eigenvalue weighted by Crippen LogP contribution is 2.39. The molecular formula is C19H38N2O+2. The Labute approximate surface area is 137 Å². The molecule has 22 heavy (non-hydrogen) atoms. The van der Waals surface area contributed by atoms with Crippen LogP contribution >= 0.6 is 0 Å². The molecule has 0 aromatic rings. The average Bonchev–Trinajstić information content (AvgIpc) is 2.65. The zero-order valence-electron chi connectivity index (χ0n) is 15.3. The van der Waals surface area contributed by atoms with Crippen LogP contribution in [0.25, 0.3) is 0 Å². The molecule has 3 nitrogen and oxygen atoms in total. The molecule has 5 rings (SSSR count). The monoisotopic (exact) mass is 310 g/mol. The first-order valence-corrected chi connectivity index (χ1v) is 9.59. The summed E-state index contributed by atoms with van der Waals surface area (Å²) in [6.07, 6.45) is 10.8. The summed E-state index contributed by atoms with van der Waals surface area (Å²) in [5.74, 6) is 2.12. The van der Waals surface area contributed by atoms with Crippen molar-refractivity contribution < 1.29 is 14.1 Å². The van der Waals surface area contributed by atoms with Crippen LogP contribution in [-0.2, 0) is 0 Å². The van der Waals surface area contributed by atoms with Gasteiger partial charge < -0.3 is 14.1 Å². The van der Waals surface area contributed by atoms with Crippen LogP contribution < -0.4 is 0 Å². The Bertz CT molecular complexity index is 353. The van der Waals surface area contributed by atoms with Gasteiger partial charge in [0.15, 0.2) is 0 Å². The molecular weight excluding hydrogens is 272 g/mol. The number of fused-ring (bicyclic) bond motifs is 6. The molecule has 0 aromatic carbocycles. The number of hydrogen-bond donors (Lipinski definition) is 1. The first-order chi connectivity index (χ1) is 10.3. The fourth-order valence-electron chi connectivity index (χ4n) is 5.92. The minimum atomic E-state index is -0.00125. The lowest BCUT2D eigenvalue weighted by molar-refractivity contribution is -0.931. The van der Waals surface area contributed by atoms with E-state index in [0.717, 1.165) is 41.2 Å². The van der Waals surface area contributed by atoms with Gasteiger partial charge in [-0.25, -0.2) is 0 Å². The van der Waals surface area contributed by atoms with E-state index in [1.807, 2.05) is 0 Å². The van der Waals surface area contributed by atoms with E-state index in [4.69, 9.17) is 0 Å². The van der Waals surface area contributed by atoms with Crippen LogP contribution in [0.4, 0.5) is 0 Å². The molecule has 5 fully saturated rings. The van der Waals surface area contributed by atoms with Gasteiger partial charge in [0.25, 0.3) is 0 Å². The lowest BCUT2D eigenvalue weighted by Crippen LogP contribution is -2.55. The number of nitrogens with zero attached hydrogens (tertiary/aromatic N) is 2. The molecule has 0 amide bonds. The Hall–Kier alpha value is -0.120. The molecule has 0 radical (unpaired) electrons. The number of aliphatic hydroxyl groups is 1. The Morgan fingerprint density at radius 1 is 0.682 bits per heavy atom. The maximum atomic E-state index is 9.51. The van der Waals surface area contributed by atoms with Crippen LogP contribution in [0.1, 0.15) is 51.4 Å². The summed E-state index contributed by atoms with van der Waals surface area (Å²) in [5.41, 5.74) is 0. The van der Waals surface area contributed by atoms with Crippen molar-refractivity contribution in [1.82, 2.24) is 0 Å². The van der Waals surface area contributed by atoms with Gasteiger partial charge >= 0.3 is 0 Å². The molecule has 0 spiro atoms. The van der Waals surface area contributed by atoms with E-state index in [0.29, 0.717) is 0 Å². The summed E-state index contributed by atoms with van der Waals surface area (Å²) < 4.78 is 2.45. The molecule has 3 heteroatoms. The second kappa shape index (κ2) is 6.07. The maximum Gasteiger partial charge on any atom is 0.0915 e. The summed E-state index contributed by atoms with van der Waals surface area (Å²) in [4.78, 5) is 0. The van der Waals surface area contributed by atoms with Gasteiger partial charge in [-0.15, -0.1) is 0 Å². The van der Waals surface area contributed by atoms with E-state index >= 15 is 0 Å². The van der Waals surface area contributed by atoms with Crippen molar-refractivity contribution in [3.63, 3.8) is 0 Å². The van der Waals surface area contributed by atoms with Crippen molar-refractivity contribution in [3.8, 4) is 0 Å². The summed E-state index contributed by atoms with van der Waals surface area (Å²) in [5, 5.41) is 9.51. The molecule has 1 N–H and O–H groups in total. The Kier molecular flexibility index (Phi) is 4.61. The molecule has 1 saturated carbocycles. The van der Waals surface area contributed by atoms with Gasteiger partial charge in [-0.2, -0.15) is 0 Å². The fraction of sp³-hybridized carbons (Fsp3) is 1.00. The number of quaternary nitrogens is 2. The maximum absolute atomic E-state index is 9.51. The Morgan fingerprint density at radius 2 is 1.09 bits per heavy atom. The van der Waals surface area contributed by atoms with Crippen molar-refractivity contribution in [2.24, 2.45) is 11.8 Å². The first kappa shape index (κ1) is 16.7. The molecule has 128 valence electrons. The summed E-state index contributed by atoms with van der Waals surface area (Å²) in [6.45, 7) is 2.88. The van der Waals surface area contributed by atoms with Crippen LogP contribution in [0.5, 0.6) is 0 Å². The van der Waals surface area contributed by atoms with Crippen molar-refractivity contribution in [2.75, 3.05) is 41.3 Å². The second-order valence-corrected chi connectivity index (χ2v) is 9.83. The molecule has 1 aliphatic carbocycles. The highest BCUT2D eigenvalue weighted by Gasteiger charge is 2.48. The highest BCUT2D eigenvalue weighted by atomic mass is 16.3. The minimum Gasteiger partial charge on any atom is -0.393 e. The zero-order valence-corrected chi connectivity index (χ0v) is 15.3. The van der Waals surface area contributed by atoms with Crippen LogP contribution in [0.2, 0.25) is 0 Å². The number of piperidine rings is 1. The lowest BCUT2D eigenvalue weighted by Gasteiger charge is -2.42. The molecule has 4 bridgehead atoms. The van der Waals surface area contributed by atoms with E-state index in [2.05, 4.69) is 28.2 Å². The van der Waals surface area contributed by atoms with Gasteiger partial charge in [-0.05, 0) is 25.7 Å². The molecule has 4 aliphatic heterocycles. The van der Waals surface area contributed by atoms with Gasteiger partial charge in [0.1, 0.15) is 0 Å². The third-order valence-corrected chi connectivity index (χ3v) is 7.27. The average molecular weight is 311 g/mol. The molecule has 0 aromatic heterocycles. The quantitative estimate of drug-likeness (QED) is 0.682. The van der Waals surface area contributed by atoms with Crippen LogP contribution in [0.15, 0.2) is 0 Å². The van der Waals surface area contributed by atoms with Gasteiger partial charge in [0.05, 0.1) is 59.5 Å². The predicted octanol–water partition coefficient (Wildman–Crippen LogP) is 2.63. The van der Waals surface area contributed by atoms with Gasteiger partial charge in [0, 0.05) is 37.5 Å². The van der Waals surface area contributed by atoms with E-state index in [1.54, 1.807) is 0 Å². The normalized spacial score (nSPS) is 44.9. The van der Waals surface area contributed by atoms with Gasteiger partial charge in [-0.3, -0.25) is 0 Å². The summed E-state index contributed by atoms with van der Waals surface area (Å²) >= 11 is 0. The van der Waals surface area contributed by atoms with E-state index in [-0.39, 0.29) is 6.10 Å². The Morgan fingerprint density at radius 3 is 1.50 bits per heavy atom. The van der Waals surface area contributed by atoms with E-state index in [9.17, 15) is 5.11 Å². The van der Waals surface area contributed by atoms with Crippen LogP contribution in [-0.4, -0.2) is 73.5 Å². The number of hydrogen-bond acceptors (Lipinski definition) is 1. The molecule has 5 aliphatic rings. The molecule has 4 saturated heterocycles. The van der Waals surface area contributed by atoms with Gasteiger partial charge in [-0.1, -0.05) is 0 Å². The molecule has 2 unspecified atom stereocenters. The van der Waals surface area contributed by atoms with E-state index < -0.39 is 0 Å². The fourth-order valence-corrected chi connectivity index (χ4v) is 5.92. The van der Waals surface area contributed by atoms with Crippen molar-refractivity contribution in [3.05, 3.63) is 0 Å². The van der Waals surface area contributed by atoms with E-state index in [1.165, 1.54) is 56.1 Å². The van der Waals surface area contributed by atoms with Gasteiger partial charge in [0.2, 0.25) is 0 Å². The smallest absolute Gasteiger partial charge is 0.0915 e. The molecule has 2 atom stereocenters. The van der Waals surface area contributed by atoms with Crippen molar-refractivity contribution in [2.45, 2.75) is 69.6 Å². The van der Waals surface area contributed by atoms with Crippen molar-refractivity contribution >= 4 is 0 Å². The topological polar surface area (TPSA) is 20.2 Å². The predicted molar refractivity (Wildman–Crippen MR) is 91.4 cm³/mol. The minimum absolute atomic E-state index is 0.00125. The Balaban J connectivity index is 0.000000131. The zero-order chi connectivity index (χ0) is 16.0. The standard InChI is InChI=1S/C10H20N.C9H18NO/c1-11(2)7-9-3-4-10(8-11)6-5-9;1-10(2)7-3-4-8(10)6-9(11)5-7/h9-10H,3-8H2,1-2H3;7-9,11H,3-6H2,1-2H3/q2*+1. The lowest BCUT2D eigenvalue weighted by atomic mass is 9.84. The van der Waals surface area contributed by atoms with Crippen LogP contribution in [0, 0.1) is 11.8 Å². The number of rotatable bonds is 0. The third kappa shape index (κ3) is 3.52. The number of aliphatic hydroxyl groups excluding tert-OH is 1. The first-order valence-electron chi connectivity index (χ1n) is 9.59. The van der Waals surface area contributed by atoms with Crippen molar-refractivity contribution in [1.29, 1.82) is 0 Å². The largest absolute Gasteiger partial charge is 0.393 e. The second-order valence-electron chi connectivity index (χ2n) is 9.83. The highest BCUT2D eigenvalue weighted by molar-refractivity contribution is 4.84. The molecule has 4 heterocycles.